The van der Waals surface area contributed by atoms with E-state index in [1.54, 1.807) is 13.8 Å². The molecule has 0 bridgehead atoms. The highest BCUT2D eigenvalue weighted by atomic mass is 32.2. The van der Waals surface area contributed by atoms with Crippen molar-refractivity contribution in [3.63, 3.8) is 0 Å². The van der Waals surface area contributed by atoms with E-state index in [0.29, 0.717) is 16.9 Å². The van der Waals surface area contributed by atoms with E-state index in [-0.39, 0.29) is 22.1 Å². The van der Waals surface area contributed by atoms with E-state index in [0.717, 1.165) is 0 Å². The number of nitrogen functional groups attached to an aromatic ring is 1. The fraction of sp³-hybridized carbons (Fsp3) is 0.143. The minimum atomic E-state index is -3.91. The lowest BCUT2D eigenvalue weighted by Gasteiger charge is -2.14. The Hall–Kier alpha value is -2.12. The third kappa shape index (κ3) is 3.32. The molecule has 112 valence electrons. The zero-order valence-corrected chi connectivity index (χ0v) is 12.4. The van der Waals surface area contributed by atoms with Gasteiger partial charge in [-0.15, -0.1) is 0 Å². The van der Waals surface area contributed by atoms with Crippen LogP contribution < -0.4 is 15.6 Å². The Morgan fingerprint density at radius 2 is 1.76 bits per heavy atom. The molecule has 21 heavy (non-hydrogen) atoms. The SMILES string of the molecule is Cc1cc(F)ccc1Oc1cc(N)cc(S(N)(=O)=O)c1C. The van der Waals surface area contributed by atoms with Crippen LogP contribution in [0, 0.1) is 19.7 Å². The van der Waals surface area contributed by atoms with Crippen LogP contribution in [0.2, 0.25) is 0 Å². The van der Waals surface area contributed by atoms with Gasteiger partial charge in [-0.1, -0.05) is 0 Å². The molecule has 0 saturated carbocycles. The number of hydrogen-bond acceptors (Lipinski definition) is 4. The quantitative estimate of drug-likeness (QED) is 0.851. The molecule has 5 nitrogen and oxygen atoms in total. The first-order valence-electron chi connectivity index (χ1n) is 6.05. The standard InChI is InChI=1S/C14H15FN2O3S/c1-8-5-10(15)3-4-12(8)20-13-6-11(16)7-14(9(13)2)21(17,18)19/h3-7H,16H2,1-2H3,(H2,17,18,19). The Balaban J connectivity index is 2.52. The maximum absolute atomic E-state index is 13.1. The predicted molar refractivity (Wildman–Crippen MR) is 78.2 cm³/mol. The van der Waals surface area contributed by atoms with E-state index in [1.165, 1.54) is 30.3 Å². The van der Waals surface area contributed by atoms with Crippen LogP contribution in [0.15, 0.2) is 35.2 Å². The summed E-state index contributed by atoms with van der Waals surface area (Å²) in [5, 5.41) is 5.15. The topological polar surface area (TPSA) is 95.4 Å². The number of hydrogen-bond donors (Lipinski definition) is 2. The van der Waals surface area contributed by atoms with Crippen molar-refractivity contribution in [2.45, 2.75) is 18.7 Å². The average Bonchev–Trinajstić information content (AvgIpc) is 2.35. The van der Waals surface area contributed by atoms with E-state index in [1.807, 2.05) is 0 Å². The molecule has 0 atom stereocenters. The van der Waals surface area contributed by atoms with Gasteiger partial charge in [-0.05, 0) is 43.7 Å². The van der Waals surface area contributed by atoms with Crippen molar-refractivity contribution in [2.24, 2.45) is 5.14 Å². The first-order valence-corrected chi connectivity index (χ1v) is 7.60. The molecular weight excluding hydrogens is 295 g/mol. The van der Waals surface area contributed by atoms with E-state index in [2.05, 4.69) is 0 Å². The van der Waals surface area contributed by atoms with Crippen molar-refractivity contribution < 1.29 is 17.5 Å². The second kappa shape index (κ2) is 5.34. The second-order valence-corrected chi connectivity index (χ2v) is 6.23. The van der Waals surface area contributed by atoms with Crippen molar-refractivity contribution in [3.05, 3.63) is 47.3 Å². The summed E-state index contributed by atoms with van der Waals surface area (Å²) in [7, 11) is -3.91. The number of aryl methyl sites for hydroxylation is 1. The first kappa shape index (κ1) is 15.3. The largest absolute Gasteiger partial charge is 0.457 e. The molecule has 2 aromatic rings. The molecule has 0 saturated heterocycles. The molecule has 7 heteroatoms. The van der Waals surface area contributed by atoms with Crippen LogP contribution in [0.25, 0.3) is 0 Å². The van der Waals surface area contributed by atoms with Gasteiger partial charge in [0.25, 0.3) is 0 Å². The van der Waals surface area contributed by atoms with Crippen LogP contribution >= 0.6 is 0 Å². The second-order valence-electron chi connectivity index (χ2n) is 4.70. The summed E-state index contributed by atoms with van der Waals surface area (Å²) in [4.78, 5) is -0.0998. The Morgan fingerprint density at radius 3 is 2.33 bits per heavy atom. The van der Waals surface area contributed by atoms with Crippen LogP contribution in [-0.4, -0.2) is 8.42 Å². The van der Waals surface area contributed by atoms with Crippen LogP contribution in [0.1, 0.15) is 11.1 Å². The lowest BCUT2D eigenvalue weighted by atomic mass is 10.2. The number of primary sulfonamides is 1. The molecule has 0 aliphatic heterocycles. The van der Waals surface area contributed by atoms with Gasteiger partial charge in [-0.2, -0.15) is 0 Å². The number of halogens is 1. The number of rotatable bonds is 3. The summed E-state index contributed by atoms with van der Waals surface area (Å²) in [5.41, 5.74) is 6.81. The zero-order valence-electron chi connectivity index (χ0n) is 11.6. The number of ether oxygens (including phenoxy) is 1. The average molecular weight is 310 g/mol. The monoisotopic (exact) mass is 310 g/mol. The van der Waals surface area contributed by atoms with Crippen LogP contribution in [0.5, 0.6) is 11.5 Å². The minimum Gasteiger partial charge on any atom is -0.457 e. The van der Waals surface area contributed by atoms with E-state index in [4.69, 9.17) is 15.6 Å². The molecule has 0 radical (unpaired) electrons. The van der Waals surface area contributed by atoms with Gasteiger partial charge in [0.05, 0.1) is 4.90 Å². The van der Waals surface area contributed by atoms with E-state index < -0.39 is 10.0 Å². The van der Waals surface area contributed by atoms with Crippen molar-refractivity contribution in [1.82, 2.24) is 0 Å². The summed E-state index contributed by atoms with van der Waals surface area (Å²) in [6, 6.07) is 6.80. The van der Waals surface area contributed by atoms with Gasteiger partial charge in [0.1, 0.15) is 17.3 Å². The summed E-state index contributed by atoms with van der Waals surface area (Å²) >= 11 is 0. The smallest absolute Gasteiger partial charge is 0.238 e. The van der Waals surface area contributed by atoms with Gasteiger partial charge in [0.2, 0.25) is 10.0 Å². The van der Waals surface area contributed by atoms with Gasteiger partial charge < -0.3 is 10.5 Å². The molecule has 0 unspecified atom stereocenters. The zero-order chi connectivity index (χ0) is 15.8. The lowest BCUT2D eigenvalue weighted by Crippen LogP contribution is -2.14. The van der Waals surface area contributed by atoms with Crippen molar-refractivity contribution >= 4 is 15.7 Å². The molecule has 2 aromatic carbocycles. The number of benzene rings is 2. The van der Waals surface area contributed by atoms with E-state index in [9.17, 15) is 12.8 Å². The van der Waals surface area contributed by atoms with Gasteiger partial charge >= 0.3 is 0 Å². The third-order valence-corrected chi connectivity index (χ3v) is 4.04. The highest BCUT2D eigenvalue weighted by molar-refractivity contribution is 7.89. The maximum Gasteiger partial charge on any atom is 0.238 e. The Kier molecular flexibility index (Phi) is 3.89. The molecule has 4 N–H and O–H groups in total. The number of sulfonamides is 1. The minimum absolute atomic E-state index is 0.0998. The highest BCUT2D eigenvalue weighted by Gasteiger charge is 2.17. The Bertz CT molecular complexity index is 804. The molecule has 0 aliphatic carbocycles. The van der Waals surface area contributed by atoms with Crippen LogP contribution in [-0.2, 0) is 10.0 Å². The molecule has 2 rings (SSSR count). The number of anilines is 1. The van der Waals surface area contributed by atoms with Gasteiger partial charge in [-0.25, -0.2) is 17.9 Å². The molecular formula is C14H15FN2O3S. The Morgan fingerprint density at radius 1 is 1.10 bits per heavy atom. The highest BCUT2D eigenvalue weighted by Crippen LogP contribution is 2.33. The third-order valence-electron chi connectivity index (χ3n) is 3.00. The molecule has 0 aromatic heterocycles. The number of nitrogens with two attached hydrogens (primary N) is 2. The van der Waals surface area contributed by atoms with Gasteiger partial charge in [0, 0.05) is 17.3 Å². The van der Waals surface area contributed by atoms with Crippen molar-refractivity contribution in [1.29, 1.82) is 0 Å². The first-order chi connectivity index (χ1) is 9.68. The normalized spacial score (nSPS) is 11.4. The van der Waals surface area contributed by atoms with Crippen molar-refractivity contribution in [3.8, 4) is 11.5 Å². The predicted octanol–water partition coefficient (Wildman–Crippen LogP) is 2.46. The van der Waals surface area contributed by atoms with Crippen LogP contribution in [0.3, 0.4) is 0 Å². The fourth-order valence-corrected chi connectivity index (χ4v) is 2.76. The maximum atomic E-state index is 13.1. The van der Waals surface area contributed by atoms with Gasteiger partial charge in [-0.3, -0.25) is 0 Å². The van der Waals surface area contributed by atoms with Gasteiger partial charge in [0.15, 0.2) is 0 Å². The summed E-state index contributed by atoms with van der Waals surface area (Å²) in [5.74, 6) is 0.286. The molecule has 0 fully saturated rings. The molecule has 0 aliphatic rings. The molecule has 0 amide bonds. The van der Waals surface area contributed by atoms with E-state index >= 15 is 0 Å². The Labute approximate surface area is 122 Å². The molecule has 0 heterocycles. The molecule has 0 spiro atoms. The summed E-state index contributed by atoms with van der Waals surface area (Å²) < 4.78 is 41.8. The van der Waals surface area contributed by atoms with Crippen molar-refractivity contribution in [2.75, 3.05) is 5.73 Å². The van der Waals surface area contributed by atoms with Crippen LogP contribution in [0.4, 0.5) is 10.1 Å². The lowest BCUT2D eigenvalue weighted by molar-refractivity contribution is 0.471. The summed E-state index contributed by atoms with van der Waals surface area (Å²) in [6.45, 7) is 3.24. The summed E-state index contributed by atoms with van der Waals surface area (Å²) in [6.07, 6.45) is 0. The fourth-order valence-electron chi connectivity index (χ4n) is 1.93.